The molecule has 1 aliphatic carbocycles. The molecule has 1 amide bonds. The molecule has 2 N–H and O–H groups in total. The van der Waals surface area contributed by atoms with Crippen LogP contribution >= 0.6 is 12.4 Å². The van der Waals surface area contributed by atoms with Gasteiger partial charge in [0.1, 0.15) is 0 Å². The highest BCUT2D eigenvalue weighted by Gasteiger charge is 2.49. The maximum atomic E-state index is 12.9. The largest absolute Gasteiger partial charge is 0.377 e. The minimum atomic E-state index is -0.200. The zero-order valence-corrected chi connectivity index (χ0v) is 14.6. The second-order valence-corrected chi connectivity index (χ2v) is 6.52. The van der Waals surface area contributed by atoms with Gasteiger partial charge in [0.25, 0.3) is 0 Å². The second kappa shape index (κ2) is 8.13. The molecular formula is C18H27ClN2O2. The molecule has 1 aromatic carbocycles. The fraction of sp³-hybridized carbons (Fsp3) is 0.611. The van der Waals surface area contributed by atoms with E-state index in [2.05, 4.69) is 10.6 Å². The predicted molar refractivity (Wildman–Crippen MR) is 94.9 cm³/mol. The first kappa shape index (κ1) is 18.2. The molecular weight excluding hydrogens is 312 g/mol. The van der Waals surface area contributed by atoms with Gasteiger partial charge in [-0.3, -0.25) is 4.79 Å². The number of anilines is 1. The third-order valence-electron chi connectivity index (χ3n) is 5.15. The first-order valence-corrected chi connectivity index (χ1v) is 8.43. The summed E-state index contributed by atoms with van der Waals surface area (Å²) in [7, 11) is 0. The van der Waals surface area contributed by atoms with E-state index >= 15 is 0 Å². The monoisotopic (exact) mass is 338 g/mol. The summed E-state index contributed by atoms with van der Waals surface area (Å²) < 4.78 is 5.44. The molecule has 2 fully saturated rings. The Morgan fingerprint density at radius 1 is 1.43 bits per heavy atom. The van der Waals surface area contributed by atoms with Gasteiger partial charge in [-0.2, -0.15) is 0 Å². The van der Waals surface area contributed by atoms with Crippen molar-refractivity contribution >= 4 is 24.0 Å². The van der Waals surface area contributed by atoms with Crippen LogP contribution in [0.3, 0.4) is 0 Å². The number of hydrogen-bond donors (Lipinski definition) is 2. The number of halogens is 1. The lowest BCUT2D eigenvalue weighted by molar-refractivity contribution is -0.128. The highest BCUT2D eigenvalue weighted by molar-refractivity contribution is 5.96. The van der Waals surface area contributed by atoms with E-state index in [0.717, 1.165) is 37.2 Å². The van der Waals surface area contributed by atoms with Gasteiger partial charge in [0.15, 0.2) is 0 Å². The molecule has 128 valence electrons. The number of carbonyl (C=O) groups excluding carboxylic acids is 1. The third-order valence-corrected chi connectivity index (χ3v) is 5.15. The SMILES string of the molecule is CCOCc1cccc(NC(=O)[C@@]23CCCC[C@H]2CNC3)c1.Cl. The fourth-order valence-electron chi connectivity index (χ4n) is 3.90. The quantitative estimate of drug-likeness (QED) is 0.865. The minimum Gasteiger partial charge on any atom is -0.377 e. The lowest BCUT2D eigenvalue weighted by Gasteiger charge is -2.37. The molecule has 2 atom stereocenters. The summed E-state index contributed by atoms with van der Waals surface area (Å²) in [6.45, 7) is 5.09. The van der Waals surface area contributed by atoms with Crippen LogP contribution < -0.4 is 10.6 Å². The standard InChI is InChI=1S/C18H26N2O2.ClH/c1-2-22-12-14-6-5-8-16(10-14)20-17(21)18-9-4-3-7-15(18)11-19-13-18;/h5-6,8,10,15,19H,2-4,7,9,11-13H2,1H3,(H,20,21);1H/t15-,18+;/m0./s1. The van der Waals surface area contributed by atoms with Gasteiger partial charge in [0, 0.05) is 18.8 Å². The van der Waals surface area contributed by atoms with E-state index in [1.54, 1.807) is 0 Å². The van der Waals surface area contributed by atoms with Crippen molar-refractivity contribution in [2.75, 3.05) is 25.0 Å². The van der Waals surface area contributed by atoms with Crippen LogP contribution in [-0.4, -0.2) is 25.6 Å². The lowest BCUT2D eigenvalue weighted by atomic mass is 9.67. The van der Waals surface area contributed by atoms with Crippen LogP contribution in [-0.2, 0) is 16.1 Å². The topological polar surface area (TPSA) is 50.4 Å². The van der Waals surface area contributed by atoms with Crippen molar-refractivity contribution in [3.05, 3.63) is 29.8 Å². The van der Waals surface area contributed by atoms with Crippen LogP contribution in [0.4, 0.5) is 5.69 Å². The number of fused-ring (bicyclic) bond motifs is 1. The maximum absolute atomic E-state index is 12.9. The van der Waals surface area contributed by atoms with E-state index < -0.39 is 0 Å². The Balaban J connectivity index is 0.00000192. The lowest BCUT2D eigenvalue weighted by Crippen LogP contribution is -2.44. The van der Waals surface area contributed by atoms with E-state index in [9.17, 15) is 4.79 Å². The molecule has 1 saturated heterocycles. The van der Waals surface area contributed by atoms with Gasteiger partial charge < -0.3 is 15.4 Å². The van der Waals surface area contributed by atoms with E-state index in [4.69, 9.17) is 4.74 Å². The molecule has 3 rings (SSSR count). The van der Waals surface area contributed by atoms with Crippen LogP contribution in [0.5, 0.6) is 0 Å². The molecule has 23 heavy (non-hydrogen) atoms. The summed E-state index contributed by atoms with van der Waals surface area (Å²) in [5.74, 6) is 0.684. The number of hydrogen-bond acceptors (Lipinski definition) is 3. The number of nitrogens with one attached hydrogen (secondary N) is 2. The number of benzene rings is 1. The maximum Gasteiger partial charge on any atom is 0.232 e. The Hall–Kier alpha value is -1.10. The van der Waals surface area contributed by atoms with Crippen LogP contribution in [0.15, 0.2) is 24.3 Å². The second-order valence-electron chi connectivity index (χ2n) is 6.52. The van der Waals surface area contributed by atoms with Crippen molar-refractivity contribution in [2.24, 2.45) is 11.3 Å². The summed E-state index contributed by atoms with van der Waals surface area (Å²) in [5.41, 5.74) is 1.78. The Morgan fingerprint density at radius 2 is 2.30 bits per heavy atom. The van der Waals surface area contributed by atoms with Gasteiger partial charge in [0.2, 0.25) is 5.91 Å². The van der Waals surface area contributed by atoms with Crippen LogP contribution in [0.1, 0.15) is 38.2 Å². The van der Waals surface area contributed by atoms with E-state index in [0.29, 0.717) is 19.1 Å². The van der Waals surface area contributed by atoms with Gasteiger partial charge in [-0.1, -0.05) is 25.0 Å². The Labute approximate surface area is 144 Å². The van der Waals surface area contributed by atoms with Crippen molar-refractivity contribution in [2.45, 2.75) is 39.2 Å². The molecule has 0 unspecified atom stereocenters. The summed E-state index contributed by atoms with van der Waals surface area (Å²) in [5, 5.41) is 6.59. The first-order chi connectivity index (χ1) is 10.7. The number of ether oxygens (including phenoxy) is 1. The molecule has 4 nitrogen and oxygen atoms in total. The summed E-state index contributed by atoms with van der Waals surface area (Å²) >= 11 is 0. The molecule has 0 radical (unpaired) electrons. The van der Waals surface area contributed by atoms with Crippen LogP contribution in [0.25, 0.3) is 0 Å². The normalized spacial score (nSPS) is 26.2. The molecule has 0 spiro atoms. The van der Waals surface area contributed by atoms with Gasteiger partial charge in [0.05, 0.1) is 12.0 Å². The Morgan fingerprint density at radius 3 is 3.13 bits per heavy atom. The van der Waals surface area contributed by atoms with Crippen molar-refractivity contribution in [1.82, 2.24) is 5.32 Å². The number of rotatable bonds is 5. The molecule has 1 saturated carbocycles. The van der Waals surface area contributed by atoms with Crippen LogP contribution in [0.2, 0.25) is 0 Å². The molecule has 5 heteroatoms. The van der Waals surface area contributed by atoms with Crippen molar-refractivity contribution in [3.8, 4) is 0 Å². The smallest absolute Gasteiger partial charge is 0.232 e. The zero-order valence-electron chi connectivity index (χ0n) is 13.8. The highest BCUT2D eigenvalue weighted by Crippen LogP contribution is 2.44. The average Bonchev–Trinajstić information content (AvgIpc) is 2.98. The average molecular weight is 339 g/mol. The van der Waals surface area contributed by atoms with Gasteiger partial charge in [-0.15, -0.1) is 12.4 Å². The first-order valence-electron chi connectivity index (χ1n) is 8.43. The molecule has 1 heterocycles. The minimum absolute atomic E-state index is 0. The fourth-order valence-corrected chi connectivity index (χ4v) is 3.90. The van der Waals surface area contributed by atoms with Gasteiger partial charge >= 0.3 is 0 Å². The predicted octanol–water partition coefficient (Wildman–Crippen LogP) is 3.36. The summed E-state index contributed by atoms with van der Waals surface area (Å²) in [4.78, 5) is 12.9. The Bertz CT molecular complexity index is 538. The highest BCUT2D eigenvalue weighted by atomic mass is 35.5. The number of amides is 1. The van der Waals surface area contributed by atoms with Crippen molar-refractivity contribution < 1.29 is 9.53 Å². The van der Waals surface area contributed by atoms with Gasteiger partial charge in [-0.05, 0) is 49.9 Å². The van der Waals surface area contributed by atoms with E-state index in [-0.39, 0.29) is 23.7 Å². The molecule has 0 aromatic heterocycles. The van der Waals surface area contributed by atoms with Gasteiger partial charge in [-0.25, -0.2) is 0 Å². The van der Waals surface area contributed by atoms with Crippen LogP contribution in [0, 0.1) is 11.3 Å². The van der Waals surface area contributed by atoms with Crippen molar-refractivity contribution in [3.63, 3.8) is 0 Å². The molecule has 0 bridgehead atoms. The molecule has 1 aliphatic heterocycles. The molecule has 1 aromatic rings. The number of carbonyl (C=O) groups is 1. The van der Waals surface area contributed by atoms with Crippen molar-refractivity contribution in [1.29, 1.82) is 0 Å². The van der Waals surface area contributed by atoms with E-state index in [1.807, 2.05) is 31.2 Å². The Kier molecular flexibility index (Phi) is 6.45. The molecule has 2 aliphatic rings. The van der Waals surface area contributed by atoms with E-state index in [1.165, 1.54) is 12.8 Å². The third kappa shape index (κ3) is 3.87. The summed E-state index contributed by atoms with van der Waals surface area (Å²) in [6, 6.07) is 7.99. The zero-order chi connectivity index (χ0) is 15.4. The summed E-state index contributed by atoms with van der Waals surface area (Å²) in [6.07, 6.45) is 4.60.